The Hall–Kier alpha value is -3.79. The number of hydrogen-bond acceptors (Lipinski definition) is 9. The lowest BCUT2D eigenvalue weighted by Gasteiger charge is -2.28. The number of fused-ring (bicyclic) bond motifs is 1. The van der Waals surface area contributed by atoms with Crippen LogP contribution >= 0.6 is 11.3 Å². The average Bonchev–Trinajstić information content (AvgIpc) is 3.35. The van der Waals surface area contributed by atoms with Crippen LogP contribution in [0.25, 0.3) is 0 Å². The van der Waals surface area contributed by atoms with Crippen LogP contribution in [0.1, 0.15) is 46.3 Å². The summed E-state index contributed by atoms with van der Waals surface area (Å²) in [5.41, 5.74) is 9.36. The Bertz CT molecular complexity index is 1240. The predicted octanol–water partition coefficient (Wildman–Crippen LogP) is 4.28. The van der Waals surface area contributed by atoms with Gasteiger partial charge in [0.05, 0.1) is 30.0 Å². The molecule has 1 aromatic carbocycles. The zero-order valence-corrected chi connectivity index (χ0v) is 19.5. The molecule has 33 heavy (non-hydrogen) atoms. The van der Waals surface area contributed by atoms with E-state index in [9.17, 15) is 9.59 Å². The van der Waals surface area contributed by atoms with Gasteiger partial charge in [0.25, 0.3) is 5.91 Å². The van der Waals surface area contributed by atoms with E-state index >= 15 is 0 Å². The van der Waals surface area contributed by atoms with Crippen molar-refractivity contribution in [2.45, 2.75) is 26.7 Å². The Morgan fingerprint density at radius 2 is 2.00 bits per heavy atom. The quantitative estimate of drug-likeness (QED) is 0.457. The van der Waals surface area contributed by atoms with Gasteiger partial charge in [0, 0.05) is 23.2 Å². The van der Waals surface area contributed by atoms with Gasteiger partial charge in [-0.3, -0.25) is 4.79 Å². The van der Waals surface area contributed by atoms with E-state index in [0.29, 0.717) is 44.0 Å². The lowest BCUT2D eigenvalue weighted by Crippen LogP contribution is -2.24. The molecule has 0 spiro atoms. The molecule has 1 aliphatic heterocycles. The number of allylic oxidation sites excluding steroid dienone is 1. The van der Waals surface area contributed by atoms with Gasteiger partial charge in [-0.25, -0.2) is 4.79 Å². The van der Waals surface area contributed by atoms with Gasteiger partial charge in [0.1, 0.15) is 16.4 Å². The highest BCUT2D eigenvalue weighted by Crippen LogP contribution is 2.50. The maximum absolute atomic E-state index is 13.0. The van der Waals surface area contributed by atoms with Crippen molar-refractivity contribution in [1.82, 2.24) is 5.16 Å². The molecule has 0 radical (unpaired) electrons. The van der Waals surface area contributed by atoms with Crippen molar-refractivity contribution in [2.75, 3.05) is 30.1 Å². The van der Waals surface area contributed by atoms with Crippen LogP contribution in [0.3, 0.4) is 0 Å². The number of nitrogens with one attached hydrogen (secondary N) is 2. The number of ether oxygens (including phenoxy) is 2. The van der Waals surface area contributed by atoms with Gasteiger partial charge in [-0.15, -0.1) is 11.3 Å². The van der Waals surface area contributed by atoms with Gasteiger partial charge >= 0.3 is 5.97 Å². The van der Waals surface area contributed by atoms with Gasteiger partial charge < -0.3 is 30.4 Å². The third-order valence-corrected chi connectivity index (χ3v) is 6.42. The summed E-state index contributed by atoms with van der Waals surface area (Å²) in [6.45, 7) is 5.53. The number of aryl methyl sites for hydroxylation is 1. The maximum Gasteiger partial charge on any atom is 0.336 e. The van der Waals surface area contributed by atoms with E-state index < -0.39 is 17.8 Å². The minimum Gasteiger partial charge on any atom is -0.497 e. The first-order valence-corrected chi connectivity index (χ1v) is 11.1. The Morgan fingerprint density at radius 3 is 2.61 bits per heavy atom. The van der Waals surface area contributed by atoms with Crippen LogP contribution in [0.5, 0.6) is 5.75 Å². The first-order chi connectivity index (χ1) is 15.8. The number of carbonyl (C=O) groups is 2. The Morgan fingerprint density at radius 1 is 1.27 bits per heavy atom. The molecule has 1 atom stereocenters. The highest BCUT2D eigenvalue weighted by atomic mass is 32.1. The average molecular weight is 469 g/mol. The molecule has 0 saturated heterocycles. The van der Waals surface area contributed by atoms with Crippen molar-refractivity contribution in [3.63, 3.8) is 0 Å². The number of hydrogen-bond donors (Lipinski definition) is 3. The summed E-state index contributed by atoms with van der Waals surface area (Å²) in [5.74, 6) is 0.189. The van der Waals surface area contributed by atoms with E-state index in [1.54, 1.807) is 33.9 Å². The van der Waals surface area contributed by atoms with Crippen LogP contribution in [0.2, 0.25) is 0 Å². The van der Waals surface area contributed by atoms with Crippen molar-refractivity contribution in [3.8, 4) is 5.75 Å². The number of carbonyl (C=O) groups excluding carboxylic acids is 2. The van der Waals surface area contributed by atoms with Gasteiger partial charge in [-0.1, -0.05) is 17.3 Å². The normalized spacial score (nSPS) is 15.0. The molecule has 172 valence electrons. The Kier molecular flexibility index (Phi) is 6.10. The summed E-state index contributed by atoms with van der Waals surface area (Å²) < 4.78 is 15.6. The largest absolute Gasteiger partial charge is 0.497 e. The molecular formula is C23H24N4O5S. The standard InChI is InChI=1S/C23H24N4O5S/c1-5-31-23(29)16-12(3)25-22-18(17(16)13-6-8-14(30-4)9-7-13)19(24)20(33-22)21(28)26-15-10-11(2)32-27-15/h6-10,17,25H,5,24H2,1-4H3,(H,26,27,28). The number of amides is 1. The molecule has 0 bridgehead atoms. The summed E-state index contributed by atoms with van der Waals surface area (Å²) in [4.78, 5) is 26.2. The molecule has 1 aliphatic rings. The first kappa shape index (κ1) is 22.4. The molecule has 4 N–H and O–H groups in total. The number of benzene rings is 1. The fraction of sp³-hybridized carbons (Fsp3) is 0.261. The molecule has 3 heterocycles. The molecule has 9 nitrogen and oxygen atoms in total. The zero-order chi connectivity index (χ0) is 23.7. The SMILES string of the molecule is CCOC(=O)C1=C(C)Nc2sc(C(=O)Nc3cc(C)on3)c(N)c2C1c1ccc(OC)cc1. The zero-order valence-electron chi connectivity index (χ0n) is 18.6. The molecule has 1 unspecified atom stereocenters. The van der Waals surface area contributed by atoms with Crippen LogP contribution in [0, 0.1) is 6.92 Å². The Labute approximate surface area is 194 Å². The van der Waals surface area contributed by atoms with Crippen molar-refractivity contribution in [1.29, 1.82) is 0 Å². The number of methoxy groups -OCH3 is 1. The number of rotatable bonds is 6. The van der Waals surface area contributed by atoms with Gasteiger partial charge in [-0.05, 0) is 38.5 Å². The van der Waals surface area contributed by atoms with Gasteiger partial charge in [0.2, 0.25) is 0 Å². The molecule has 10 heteroatoms. The summed E-state index contributed by atoms with van der Waals surface area (Å²) in [5, 5.41) is 10.4. The lowest BCUT2D eigenvalue weighted by atomic mass is 9.82. The minimum atomic E-state index is -0.515. The molecule has 3 aromatic rings. The van der Waals surface area contributed by atoms with Crippen molar-refractivity contribution < 1.29 is 23.6 Å². The second-order valence-electron chi connectivity index (χ2n) is 7.45. The minimum absolute atomic E-state index is 0.238. The van der Waals surface area contributed by atoms with Crippen LogP contribution < -0.4 is 21.1 Å². The van der Waals surface area contributed by atoms with Crippen LogP contribution in [0.15, 0.2) is 46.1 Å². The molecular weight excluding hydrogens is 444 g/mol. The van der Waals surface area contributed by atoms with Crippen molar-refractivity contribution in [3.05, 3.63) is 63.4 Å². The van der Waals surface area contributed by atoms with Crippen LogP contribution in [-0.4, -0.2) is 30.7 Å². The predicted molar refractivity (Wildman–Crippen MR) is 126 cm³/mol. The highest BCUT2D eigenvalue weighted by Gasteiger charge is 2.38. The Balaban J connectivity index is 1.80. The molecule has 0 saturated carbocycles. The summed E-state index contributed by atoms with van der Waals surface area (Å²) in [6.07, 6.45) is 0. The fourth-order valence-corrected chi connectivity index (χ4v) is 4.92. The molecule has 1 amide bonds. The summed E-state index contributed by atoms with van der Waals surface area (Å²) >= 11 is 1.22. The van der Waals surface area contributed by atoms with Gasteiger partial charge in [-0.2, -0.15) is 0 Å². The number of nitrogens with two attached hydrogens (primary N) is 1. The monoisotopic (exact) mass is 468 g/mol. The second kappa shape index (κ2) is 8.99. The summed E-state index contributed by atoms with van der Waals surface area (Å²) in [6, 6.07) is 9.00. The van der Waals surface area contributed by atoms with Crippen molar-refractivity contribution >= 4 is 39.7 Å². The highest BCUT2D eigenvalue weighted by molar-refractivity contribution is 7.19. The van der Waals surface area contributed by atoms with E-state index in [4.69, 9.17) is 19.7 Å². The number of thiophene rings is 1. The molecule has 4 rings (SSSR count). The van der Waals surface area contributed by atoms with Gasteiger partial charge in [0.15, 0.2) is 5.82 Å². The van der Waals surface area contributed by atoms with Crippen LogP contribution in [0.4, 0.5) is 16.5 Å². The first-order valence-electron chi connectivity index (χ1n) is 10.3. The number of nitrogens with zero attached hydrogens (tertiary/aromatic N) is 1. The number of nitrogen functional groups attached to an aromatic ring is 1. The molecule has 0 aliphatic carbocycles. The number of esters is 1. The lowest BCUT2D eigenvalue weighted by molar-refractivity contribution is -0.138. The summed E-state index contributed by atoms with van der Waals surface area (Å²) in [7, 11) is 1.59. The smallest absolute Gasteiger partial charge is 0.336 e. The number of aromatic nitrogens is 1. The molecule has 2 aromatic heterocycles. The third kappa shape index (κ3) is 4.17. The van der Waals surface area contributed by atoms with E-state index in [1.165, 1.54) is 11.3 Å². The third-order valence-electron chi connectivity index (χ3n) is 5.29. The molecule has 0 fully saturated rings. The number of anilines is 3. The van der Waals surface area contributed by atoms with E-state index in [1.807, 2.05) is 24.3 Å². The second-order valence-corrected chi connectivity index (χ2v) is 8.48. The van der Waals surface area contributed by atoms with E-state index in [0.717, 1.165) is 5.56 Å². The van der Waals surface area contributed by atoms with E-state index in [-0.39, 0.29) is 12.3 Å². The topological polar surface area (TPSA) is 129 Å². The fourth-order valence-electron chi connectivity index (χ4n) is 3.81. The van der Waals surface area contributed by atoms with Crippen LogP contribution in [-0.2, 0) is 9.53 Å². The maximum atomic E-state index is 13.0. The van der Waals surface area contributed by atoms with Crippen molar-refractivity contribution in [2.24, 2.45) is 0 Å². The van der Waals surface area contributed by atoms with E-state index in [2.05, 4.69) is 15.8 Å².